The molecule has 0 aliphatic carbocycles. The summed E-state index contributed by atoms with van der Waals surface area (Å²) in [7, 11) is 0. The van der Waals surface area contributed by atoms with Gasteiger partial charge < -0.3 is 5.32 Å². The SMILES string of the molecule is N[C@H]1N=C2N=C(Cl)N=C2C(=O)N1. The lowest BCUT2D eigenvalue weighted by Crippen LogP contribution is -2.49. The molecule has 0 radical (unpaired) electrons. The van der Waals surface area contributed by atoms with E-state index in [9.17, 15) is 4.79 Å². The molecule has 62 valence electrons. The summed E-state index contributed by atoms with van der Waals surface area (Å²) >= 11 is 5.46. The second-order valence-corrected chi connectivity index (χ2v) is 2.55. The summed E-state index contributed by atoms with van der Waals surface area (Å²) in [4.78, 5) is 22.3. The van der Waals surface area contributed by atoms with Crippen LogP contribution >= 0.6 is 11.6 Å². The average Bonchev–Trinajstić information content (AvgIpc) is 2.29. The van der Waals surface area contributed by atoms with Gasteiger partial charge in [-0.15, -0.1) is 0 Å². The smallest absolute Gasteiger partial charge is 0.276 e. The molecule has 2 rings (SSSR count). The van der Waals surface area contributed by atoms with E-state index in [2.05, 4.69) is 20.3 Å². The van der Waals surface area contributed by atoms with Crippen molar-refractivity contribution < 1.29 is 4.79 Å². The zero-order valence-electron chi connectivity index (χ0n) is 5.78. The number of hydrogen-bond donors (Lipinski definition) is 2. The third kappa shape index (κ3) is 1.01. The molecule has 0 aromatic carbocycles. The van der Waals surface area contributed by atoms with Gasteiger partial charge in [0.25, 0.3) is 5.91 Å². The first-order valence-electron chi connectivity index (χ1n) is 3.14. The van der Waals surface area contributed by atoms with Crippen molar-refractivity contribution in [2.75, 3.05) is 0 Å². The van der Waals surface area contributed by atoms with Crippen molar-refractivity contribution in [1.29, 1.82) is 0 Å². The molecule has 0 saturated heterocycles. The van der Waals surface area contributed by atoms with Gasteiger partial charge in [-0.3, -0.25) is 10.5 Å². The van der Waals surface area contributed by atoms with Crippen LogP contribution in [0.5, 0.6) is 0 Å². The van der Waals surface area contributed by atoms with Crippen molar-refractivity contribution in [3.8, 4) is 0 Å². The fraction of sp³-hybridized carbons (Fsp3) is 0.200. The van der Waals surface area contributed by atoms with Gasteiger partial charge in [0.2, 0.25) is 5.29 Å². The highest BCUT2D eigenvalue weighted by Gasteiger charge is 2.29. The molecule has 3 N–H and O–H groups in total. The number of amides is 1. The summed E-state index contributed by atoms with van der Waals surface area (Å²) in [5, 5.41) is 2.37. The average molecular weight is 186 g/mol. The summed E-state index contributed by atoms with van der Waals surface area (Å²) in [6, 6.07) is 0. The second-order valence-electron chi connectivity index (χ2n) is 2.21. The Morgan fingerprint density at radius 2 is 2.25 bits per heavy atom. The van der Waals surface area contributed by atoms with Crippen LogP contribution in [0.3, 0.4) is 0 Å². The van der Waals surface area contributed by atoms with E-state index in [0.29, 0.717) is 0 Å². The van der Waals surface area contributed by atoms with E-state index in [0.717, 1.165) is 0 Å². The molecule has 0 fully saturated rings. The summed E-state index contributed by atoms with van der Waals surface area (Å²) in [6.07, 6.45) is -0.752. The zero-order valence-corrected chi connectivity index (χ0v) is 6.54. The molecule has 1 atom stereocenters. The summed E-state index contributed by atoms with van der Waals surface area (Å²) in [5.41, 5.74) is 5.47. The Morgan fingerprint density at radius 3 is 3.00 bits per heavy atom. The van der Waals surface area contributed by atoms with Crippen LogP contribution in [0.1, 0.15) is 0 Å². The van der Waals surface area contributed by atoms with E-state index < -0.39 is 12.2 Å². The van der Waals surface area contributed by atoms with Crippen LogP contribution in [0.25, 0.3) is 0 Å². The lowest BCUT2D eigenvalue weighted by Gasteiger charge is -2.14. The van der Waals surface area contributed by atoms with E-state index in [1.54, 1.807) is 0 Å². The molecular formula is C5H4ClN5O. The number of amidine groups is 2. The molecular weight excluding hydrogens is 182 g/mol. The van der Waals surface area contributed by atoms with Gasteiger partial charge in [0, 0.05) is 0 Å². The number of aliphatic imine (C=N–C) groups is 3. The van der Waals surface area contributed by atoms with Crippen molar-refractivity contribution >= 4 is 34.4 Å². The number of nitrogens with zero attached hydrogens (tertiary/aromatic N) is 3. The minimum absolute atomic E-state index is 0.00741. The first-order valence-corrected chi connectivity index (χ1v) is 3.52. The number of carbonyl (C=O) groups is 1. The Bertz CT molecular complexity index is 344. The summed E-state index contributed by atoms with van der Waals surface area (Å²) in [6.45, 7) is 0. The van der Waals surface area contributed by atoms with E-state index in [4.69, 9.17) is 17.3 Å². The zero-order chi connectivity index (χ0) is 8.72. The standard InChI is InChI=1S/C5H4ClN5O/c6-4-8-1-2(9-4)10-5(7)11-3(1)12/h5H,7H2,(H,11,12)/t5-/m0/s1. The van der Waals surface area contributed by atoms with Gasteiger partial charge in [-0.05, 0) is 11.6 Å². The van der Waals surface area contributed by atoms with Crippen LogP contribution in [0, 0.1) is 0 Å². The van der Waals surface area contributed by atoms with Crippen LogP contribution in [-0.4, -0.2) is 29.0 Å². The van der Waals surface area contributed by atoms with E-state index >= 15 is 0 Å². The number of carbonyl (C=O) groups excluding carboxylic acids is 1. The van der Waals surface area contributed by atoms with Crippen molar-refractivity contribution in [1.82, 2.24) is 5.32 Å². The molecule has 7 heteroatoms. The topological polar surface area (TPSA) is 92.2 Å². The predicted molar refractivity (Wildman–Crippen MR) is 44.3 cm³/mol. The fourth-order valence-corrected chi connectivity index (χ4v) is 1.08. The number of rotatable bonds is 0. The van der Waals surface area contributed by atoms with Crippen LogP contribution in [0.4, 0.5) is 0 Å². The Balaban J connectivity index is 2.46. The predicted octanol–water partition coefficient (Wildman–Crippen LogP) is -1.19. The molecule has 0 unspecified atom stereocenters. The second kappa shape index (κ2) is 2.36. The lowest BCUT2D eigenvalue weighted by molar-refractivity contribution is -0.115. The molecule has 2 heterocycles. The number of fused-ring (bicyclic) bond motifs is 1. The molecule has 2 aliphatic rings. The van der Waals surface area contributed by atoms with Gasteiger partial charge in [0.05, 0.1) is 0 Å². The quantitative estimate of drug-likeness (QED) is 0.465. The maximum Gasteiger partial charge on any atom is 0.276 e. The largest absolute Gasteiger partial charge is 0.316 e. The van der Waals surface area contributed by atoms with Crippen molar-refractivity contribution in [2.45, 2.75) is 6.29 Å². The number of hydrogen-bond acceptors (Lipinski definition) is 5. The minimum atomic E-state index is -0.752. The van der Waals surface area contributed by atoms with Crippen LogP contribution < -0.4 is 11.1 Å². The summed E-state index contributed by atoms with van der Waals surface area (Å²) < 4.78 is 0. The van der Waals surface area contributed by atoms with E-state index in [1.807, 2.05) is 0 Å². The minimum Gasteiger partial charge on any atom is -0.316 e. The Morgan fingerprint density at radius 1 is 1.50 bits per heavy atom. The fourth-order valence-electron chi connectivity index (χ4n) is 0.917. The Labute approximate surface area is 72.2 Å². The lowest BCUT2D eigenvalue weighted by atomic mass is 10.3. The van der Waals surface area contributed by atoms with E-state index in [-0.39, 0.29) is 16.8 Å². The molecule has 0 spiro atoms. The number of nitrogens with one attached hydrogen (secondary N) is 1. The Hall–Kier alpha value is -1.27. The highest BCUT2D eigenvalue weighted by molar-refractivity contribution is 6.78. The van der Waals surface area contributed by atoms with Crippen molar-refractivity contribution in [3.63, 3.8) is 0 Å². The highest BCUT2D eigenvalue weighted by atomic mass is 35.5. The molecule has 12 heavy (non-hydrogen) atoms. The monoisotopic (exact) mass is 185 g/mol. The maximum atomic E-state index is 11.1. The first kappa shape index (κ1) is 7.38. The molecule has 0 saturated carbocycles. The van der Waals surface area contributed by atoms with Gasteiger partial charge in [-0.25, -0.2) is 9.98 Å². The molecule has 0 bridgehead atoms. The maximum absolute atomic E-state index is 11.1. The molecule has 0 aromatic heterocycles. The number of nitrogens with two attached hydrogens (primary N) is 1. The third-order valence-corrected chi connectivity index (χ3v) is 1.54. The Kier molecular flexibility index (Phi) is 1.45. The van der Waals surface area contributed by atoms with Crippen LogP contribution in [-0.2, 0) is 4.79 Å². The van der Waals surface area contributed by atoms with E-state index in [1.165, 1.54) is 0 Å². The number of halogens is 1. The van der Waals surface area contributed by atoms with Crippen molar-refractivity contribution in [3.05, 3.63) is 0 Å². The normalized spacial score (nSPS) is 27.0. The van der Waals surface area contributed by atoms with Gasteiger partial charge in [0.1, 0.15) is 0 Å². The molecule has 1 amide bonds. The summed E-state index contributed by atoms with van der Waals surface area (Å²) in [5.74, 6) is -0.192. The third-order valence-electron chi connectivity index (χ3n) is 1.37. The van der Waals surface area contributed by atoms with Gasteiger partial charge in [-0.1, -0.05) is 0 Å². The molecule has 0 aromatic rings. The van der Waals surface area contributed by atoms with Gasteiger partial charge >= 0.3 is 0 Å². The van der Waals surface area contributed by atoms with Crippen LogP contribution in [0.15, 0.2) is 15.0 Å². The van der Waals surface area contributed by atoms with Gasteiger partial charge in [0.15, 0.2) is 17.8 Å². The highest BCUT2D eigenvalue weighted by Crippen LogP contribution is 2.07. The first-order chi connectivity index (χ1) is 5.66. The molecule has 2 aliphatic heterocycles. The van der Waals surface area contributed by atoms with Crippen LogP contribution in [0.2, 0.25) is 0 Å². The van der Waals surface area contributed by atoms with Crippen molar-refractivity contribution in [2.24, 2.45) is 20.7 Å². The van der Waals surface area contributed by atoms with Gasteiger partial charge in [-0.2, -0.15) is 4.99 Å². The molecule has 6 nitrogen and oxygen atoms in total.